The van der Waals surface area contributed by atoms with Gasteiger partial charge in [0, 0.05) is 33.7 Å². The molecule has 184 valence electrons. The van der Waals surface area contributed by atoms with Crippen molar-refractivity contribution >= 4 is 49.8 Å². The Bertz CT molecular complexity index is 1500. The fourth-order valence-electron chi connectivity index (χ4n) is 4.14. The lowest BCUT2D eigenvalue weighted by molar-refractivity contribution is -0.194. The van der Waals surface area contributed by atoms with E-state index in [1.807, 2.05) is 60.7 Å². The summed E-state index contributed by atoms with van der Waals surface area (Å²) in [4.78, 5) is 32.5. The van der Waals surface area contributed by atoms with Gasteiger partial charge in [0.1, 0.15) is 6.61 Å². The Morgan fingerprint density at radius 1 is 1.14 bits per heavy atom. The molecule has 1 aromatic heterocycles. The van der Waals surface area contributed by atoms with Crippen molar-refractivity contribution in [1.82, 2.24) is 4.98 Å². The molecule has 0 fully saturated rings. The van der Waals surface area contributed by atoms with Gasteiger partial charge in [-0.1, -0.05) is 34.1 Å². The summed E-state index contributed by atoms with van der Waals surface area (Å²) in [6.45, 7) is 3.73. The maximum atomic E-state index is 12.6. The van der Waals surface area contributed by atoms with Crippen molar-refractivity contribution in [3.63, 3.8) is 0 Å². The van der Waals surface area contributed by atoms with E-state index in [4.69, 9.17) is 20.5 Å². The molecule has 36 heavy (non-hydrogen) atoms. The Morgan fingerprint density at radius 3 is 2.61 bits per heavy atom. The zero-order valence-electron chi connectivity index (χ0n) is 20.0. The van der Waals surface area contributed by atoms with E-state index < -0.39 is 5.54 Å². The Labute approximate surface area is 216 Å². The lowest BCUT2D eigenvalue weighted by atomic mass is 9.99. The number of carbonyl (C=O) groups excluding carboxylic acids is 1. The van der Waals surface area contributed by atoms with Crippen molar-refractivity contribution in [3.05, 3.63) is 81.8 Å². The first kappa shape index (κ1) is 24.1. The molecule has 2 heterocycles. The number of H-pyrrole nitrogens is 1. The number of nitrogens with one attached hydrogen (secondary N) is 1. The van der Waals surface area contributed by atoms with Crippen LogP contribution in [0.3, 0.4) is 0 Å². The van der Waals surface area contributed by atoms with Crippen LogP contribution >= 0.6 is 15.9 Å². The number of aromatic nitrogens is 1. The van der Waals surface area contributed by atoms with E-state index in [0.29, 0.717) is 35.0 Å². The van der Waals surface area contributed by atoms with Crippen molar-refractivity contribution in [1.29, 1.82) is 0 Å². The van der Waals surface area contributed by atoms with E-state index in [-0.39, 0.29) is 11.8 Å². The van der Waals surface area contributed by atoms with Crippen LogP contribution in [0.15, 0.2) is 70.1 Å². The molecule has 4 aromatic rings. The first-order chi connectivity index (χ1) is 17.1. The highest BCUT2D eigenvalue weighted by atomic mass is 79.9. The van der Waals surface area contributed by atoms with E-state index in [0.717, 1.165) is 26.5 Å². The van der Waals surface area contributed by atoms with Gasteiger partial charge in [-0.15, -0.1) is 0 Å². The summed E-state index contributed by atoms with van der Waals surface area (Å²) in [6.07, 6.45) is 0. The molecule has 3 aromatic carbocycles. The van der Waals surface area contributed by atoms with E-state index in [1.165, 1.54) is 4.90 Å². The van der Waals surface area contributed by atoms with E-state index >= 15 is 0 Å². The van der Waals surface area contributed by atoms with Crippen LogP contribution in [-0.2, 0) is 16.3 Å². The lowest BCUT2D eigenvalue weighted by Crippen LogP contribution is -2.49. The number of carbonyl (C=O) groups is 1. The summed E-state index contributed by atoms with van der Waals surface area (Å²) in [5.41, 5.74) is 9.91. The minimum atomic E-state index is -0.986. The Hall–Kier alpha value is -3.66. The number of nitrogens with zero attached hydrogens (tertiary/aromatic N) is 2. The third-order valence-electron chi connectivity index (χ3n) is 6.02. The summed E-state index contributed by atoms with van der Waals surface area (Å²) >= 11 is 3.48. The Morgan fingerprint density at radius 2 is 1.89 bits per heavy atom. The Kier molecular flexibility index (Phi) is 6.07. The van der Waals surface area contributed by atoms with Crippen molar-refractivity contribution < 1.29 is 19.7 Å². The van der Waals surface area contributed by atoms with Gasteiger partial charge >= 0.3 is 0 Å². The molecule has 8 nitrogen and oxygen atoms in total. The number of aliphatic imine (C=N–C) groups is 1. The van der Waals surface area contributed by atoms with Crippen molar-refractivity contribution in [2.45, 2.75) is 26.0 Å². The highest BCUT2D eigenvalue weighted by Gasteiger charge is 2.26. The summed E-state index contributed by atoms with van der Waals surface area (Å²) in [5.74, 6) is 0.420. The van der Waals surface area contributed by atoms with Crippen LogP contribution < -0.4 is 15.5 Å². The third kappa shape index (κ3) is 4.48. The molecular weight excluding hydrogens is 524 g/mol. The van der Waals surface area contributed by atoms with Crippen molar-refractivity contribution in [2.75, 3.05) is 11.9 Å². The van der Waals surface area contributed by atoms with Gasteiger partial charge in [-0.3, -0.25) is 4.79 Å². The second kappa shape index (κ2) is 9.09. The fraction of sp³-hybridized carbons (Fsp3) is 0.185. The van der Waals surface area contributed by atoms with Gasteiger partial charge < -0.3 is 25.6 Å². The fourth-order valence-corrected chi connectivity index (χ4v) is 4.51. The molecule has 0 saturated heterocycles. The van der Waals surface area contributed by atoms with Gasteiger partial charge in [-0.25, -0.2) is 4.99 Å². The lowest BCUT2D eigenvalue weighted by Gasteiger charge is -2.25. The zero-order valence-corrected chi connectivity index (χ0v) is 21.6. The zero-order chi connectivity index (χ0) is 25.6. The number of aromatic amines is 1. The molecule has 1 amide bonds. The molecule has 1 aliphatic heterocycles. The van der Waals surface area contributed by atoms with Crippen molar-refractivity contribution in [3.8, 4) is 11.6 Å². The molecule has 0 aliphatic carbocycles. The highest BCUT2D eigenvalue weighted by Crippen LogP contribution is 2.35. The van der Waals surface area contributed by atoms with E-state index in [2.05, 4.69) is 20.9 Å². The topological polar surface area (TPSA) is 113 Å². The van der Waals surface area contributed by atoms with Gasteiger partial charge in [-0.05, 0) is 56.3 Å². The number of hydrogen-bond donors (Lipinski definition) is 3. The number of fused-ring (bicyclic) bond motifs is 2. The van der Waals surface area contributed by atoms with Crippen LogP contribution in [-0.4, -0.2) is 34.3 Å². The average molecular weight is 549 g/mol. The summed E-state index contributed by atoms with van der Waals surface area (Å²) in [6, 6.07) is 18.7. The molecule has 0 radical (unpaired) electrons. The molecule has 0 spiro atoms. The molecule has 0 unspecified atom stereocenters. The van der Waals surface area contributed by atoms with Crippen LogP contribution in [0.5, 0.6) is 11.6 Å². The summed E-state index contributed by atoms with van der Waals surface area (Å²) in [5, 5.41) is 11.7. The number of likely N-dealkylation sites (N-methyl/N-ethyl adjacent to an activating group) is 1. The first-order valence-corrected chi connectivity index (χ1v) is 12.1. The Balaban J connectivity index is 1.62. The number of amides is 1. The smallest absolute Gasteiger partial charge is 0.246 e. The van der Waals surface area contributed by atoms with Crippen LogP contribution in [0.1, 0.15) is 30.5 Å². The SMILES string of the molecule is CN(C(=O)C(C)(C)N)c1ccc(N=C(c2ccc3c(c2)OOC3)c2c(O)[nH]c3cc(Br)ccc23)cc1. The highest BCUT2D eigenvalue weighted by molar-refractivity contribution is 9.10. The molecule has 4 N–H and O–H groups in total. The normalized spacial score (nSPS) is 13.5. The van der Waals surface area contributed by atoms with E-state index in [9.17, 15) is 9.90 Å². The predicted octanol–water partition coefficient (Wildman–Crippen LogP) is 5.33. The number of aromatic hydroxyl groups is 1. The van der Waals surface area contributed by atoms with Crippen LogP contribution in [0.4, 0.5) is 11.4 Å². The van der Waals surface area contributed by atoms with Crippen molar-refractivity contribution in [2.24, 2.45) is 10.7 Å². The number of anilines is 1. The molecule has 1 aliphatic rings. The second-order valence-corrected chi connectivity index (χ2v) is 10.2. The largest absolute Gasteiger partial charge is 0.494 e. The van der Waals surface area contributed by atoms with E-state index in [1.54, 1.807) is 20.9 Å². The van der Waals surface area contributed by atoms with Crippen LogP contribution in [0.2, 0.25) is 0 Å². The molecule has 0 saturated carbocycles. The summed E-state index contributed by atoms with van der Waals surface area (Å²) in [7, 11) is 1.69. The monoisotopic (exact) mass is 548 g/mol. The predicted molar refractivity (Wildman–Crippen MR) is 143 cm³/mol. The quantitative estimate of drug-likeness (QED) is 0.230. The first-order valence-electron chi connectivity index (χ1n) is 11.3. The van der Waals surface area contributed by atoms with Gasteiger partial charge in [0.05, 0.1) is 28.0 Å². The molecule has 0 atom stereocenters. The van der Waals surface area contributed by atoms with Gasteiger partial charge in [0.25, 0.3) is 0 Å². The summed E-state index contributed by atoms with van der Waals surface area (Å²) < 4.78 is 0.888. The molecule has 5 rings (SSSR count). The standard InChI is InChI=1S/C27H25BrN4O4/c1-27(2,29)26(34)32(3)19-9-7-18(8-10-19)30-24(15-4-5-16-14-35-36-22(16)12-15)23-20-11-6-17(28)13-21(20)31-25(23)33/h4-13,31,33H,14,29H2,1-3H3. The number of rotatable bonds is 5. The van der Waals surface area contributed by atoms with Crippen LogP contribution in [0.25, 0.3) is 10.9 Å². The van der Waals surface area contributed by atoms with Gasteiger partial charge in [0.2, 0.25) is 5.91 Å². The molecular formula is C27H25BrN4O4. The molecule has 0 bridgehead atoms. The number of benzene rings is 3. The number of nitrogens with two attached hydrogens (primary N) is 1. The average Bonchev–Trinajstić information content (AvgIpc) is 3.44. The maximum Gasteiger partial charge on any atom is 0.246 e. The minimum Gasteiger partial charge on any atom is -0.494 e. The number of halogens is 1. The maximum absolute atomic E-state index is 12.6. The minimum absolute atomic E-state index is 0.00615. The second-order valence-electron chi connectivity index (χ2n) is 9.27. The van der Waals surface area contributed by atoms with Gasteiger partial charge in [-0.2, -0.15) is 4.89 Å². The molecule has 9 heteroatoms. The third-order valence-corrected chi connectivity index (χ3v) is 6.51. The number of hydrogen-bond acceptors (Lipinski definition) is 6. The van der Waals surface area contributed by atoms with Crippen LogP contribution in [0, 0.1) is 0 Å². The van der Waals surface area contributed by atoms with Gasteiger partial charge in [0.15, 0.2) is 11.6 Å².